The highest BCUT2D eigenvalue weighted by Crippen LogP contribution is 2.40. The summed E-state index contributed by atoms with van der Waals surface area (Å²) >= 11 is 1.70. The summed E-state index contributed by atoms with van der Waals surface area (Å²) in [6.45, 7) is 7.11. The van der Waals surface area contributed by atoms with E-state index in [-0.39, 0.29) is 6.09 Å². The third kappa shape index (κ3) is 8.50. The average molecular weight is 577 g/mol. The number of nitrogens with one attached hydrogen (secondary N) is 1. The first-order valence-corrected chi connectivity index (χ1v) is 14.8. The van der Waals surface area contributed by atoms with Crippen molar-refractivity contribution < 1.29 is 24.2 Å². The first kappa shape index (κ1) is 30.5. The molecule has 0 aromatic heterocycles. The van der Waals surface area contributed by atoms with Crippen molar-refractivity contribution in [3.8, 4) is 16.9 Å². The fraction of sp³-hybridized carbons (Fsp3) is 0.394. The molecule has 0 saturated carbocycles. The number of hydrogen-bond acceptors (Lipinski definition) is 6. The predicted molar refractivity (Wildman–Crippen MR) is 164 cm³/mol. The van der Waals surface area contributed by atoms with Crippen molar-refractivity contribution in [2.45, 2.75) is 61.3 Å². The molecular formula is C33H40N2O5S. The Bertz CT molecular complexity index is 1310. The lowest BCUT2D eigenvalue weighted by Gasteiger charge is -2.43. The maximum atomic E-state index is 13.0. The van der Waals surface area contributed by atoms with Gasteiger partial charge in [-0.2, -0.15) is 0 Å². The van der Waals surface area contributed by atoms with E-state index in [1.165, 1.54) is 0 Å². The van der Waals surface area contributed by atoms with Crippen molar-refractivity contribution in [1.82, 2.24) is 10.2 Å². The van der Waals surface area contributed by atoms with Crippen LogP contribution in [0.3, 0.4) is 0 Å². The number of aliphatic carboxylic acids is 1. The number of para-hydroxylation sites is 1. The van der Waals surface area contributed by atoms with Crippen molar-refractivity contribution in [2.24, 2.45) is 0 Å². The van der Waals surface area contributed by atoms with E-state index >= 15 is 0 Å². The van der Waals surface area contributed by atoms with E-state index in [0.29, 0.717) is 26.1 Å². The number of carboxylic acids is 1. The third-order valence-electron chi connectivity index (χ3n) is 7.05. The molecule has 1 fully saturated rings. The van der Waals surface area contributed by atoms with Crippen LogP contribution in [0, 0.1) is 0 Å². The van der Waals surface area contributed by atoms with E-state index in [9.17, 15) is 14.7 Å². The molecule has 3 aromatic carbocycles. The summed E-state index contributed by atoms with van der Waals surface area (Å²) in [6, 6.07) is 25.0. The SMILES string of the molecule is COc1ccccc1-c1ccc(C[C@H](NCC2(Sc3ccccc3)CCCN(C(=O)OC(C)(C)C)C2)C(=O)O)cc1. The molecule has 3 aromatic rings. The van der Waals surface area contributed by atoms with Gasteiger partial charge >= 0.3 is 12.1 Å². The molecule has 1 amide bonds. The fourth-order valence-electron chi connectivity index (χ4n) is 5.08. The molecule has 1 saturated heterocycles. The van der Waals surface area contributed by atoms with Crippen LogP contribution in [0.1, 0.15) is 39.2 Å². The van der Waals surface area contributed by atoms with Gasteiger partial charge in [-0.15, -0.1) is 11.8 Å². The Labute approximate surface area is 247 Å². The second kappa shape index (κ2) is 13.4. The van der Waals surface area contributed by atoms with Gasteiger partial charge in [-0.25, -0.2) is 4.79 Å². The molecule has 7 nitrogen and oxygen atoms in total. The maximum absolute atomic E-state index is 13.0. The van der Waals surface area contributed by atoms with Crippen LogP contribution in [0.15, 0.2) is 83.8 Å². The standard InChI is InChI=1S/C33H40N2O5S/c1-32(2,3)40-31(38)35-20-10-19-33(23-35,41-26-11-6-5-7-12-26)22-34-28(30(36)37)21-24-15-17-25(18-16-24)27-13-8-9-14-29(27)39-4/h5-9,11-18,28,34H,10,19-23H2,1-4H3,(H,36,37)/t28-,33?/m0/s1. The Morgan fingerprint density at radius 1 is 1.02 bits per heavy atom. The minimum atomic E-state index is -0.904. The highest BCUT2D eigenvalue weighted by atomic mass is 32.2. The van der Waals surface area contributed by atoms with Crippen molar-refractivity contribution in [3.63, 3.8) is 0 Å². The molecule has 41 heavy (non-hydrogen) atoms. The molecule has 218 valence electrons. The molecule has 1 heterocycles. The second-order valence-corrected chi connectivity index (χ2v) is 13.0. The van der Waals surface area contributed by atoms with E-state index in [2.05, 4.69) is 17.4 Å². The number of carbonyl (C=O) groups excluding carboxylic acids is 1. The van der Waals surface area contributed by atoms with Crippen LogP contribution in [-0.2, 0) is 16.0 Å². The van der Waals surface area contributed by atoms with Crippen molar-refractivity contribution in [3.05, 3.63) is 84.4 Å². The number of carboxylic acid groups (broad SMARTS) is 1. The Morgan fingerprint density at radius 3 is 2.37 bits per heavy atom. The minimum Gasteiger partial charge on any atom is -0.496 e. The predicted octanol–water partition coefficient (Wildman–Crippen LogP) is 6.51. The Morgan fingerprint density at radius 2 is 1.71 bits per heavy atom. The Balaban J connectivity index is 1.50. The summed E-state index contributed by atoms with van der Waals surface area (Å²) in [6.07, 6.45) is 1.66. The average Bonchev–Trinajstić information content (AvgIpc) is 2.95. The lowest BCUT2D eigenvalue weighted by Crippen LogP contribution is -2.56. The van der Waals surface area contributed by atoms with Crippen LogP contribution >= 0.6 is 11.8 Å². The Hall–Kier alpha value is -3.49. The number of likely N-dealkylation sites (tertiary alicyclic amines) is 1. The van der Waals surface area contributed by atoms with E-state index in [1.807, 2.05) is 87.5 Å². The lowest BCUT2D eigenvalue weighted by molar-refractivity contribution is -0.139. The van der Waals surface area contributed by atoms with Crippen LogP contribution in [0.5, 0.6) is 5.75 Å². The smallest absolute Gasteiger partial charge is 0.410 e. The monoisotopic (exact) mass is 576 g/mol. The van der Waals surface area contributed by atoms with Crippen LogP contribution < -0.4 is 10.1 Å². The lowest BCUT2D eigenvalue weighted by atomic mass is 9.95. The molecule has 2 atom stereocenters. The summed E-state index contributed by atoms with van der Waals surface area (Å²) in [4.78, 5) is 28.2. The van der Waals surface area contributed by atoms with Crippen LogP contribution in [0.25, 0.3) is 11.1 Å². The van der Waals surface area contributed by atoms with Gasteiger partial charge in [-0.1, -0.05) is 60.7 Å². The highest BCUT2D eigenvalue weighted by Gasteiger charge is 2.40. The molecule has 2 N–H and O–H groups in total. The number of piperidine rings is 1. The number of hydrogen-bond donors (Lipinski definition) is 2. The van der Waals surface area contributed by atoms with Gasteiger partial charge in [-0.3, -0.25) is 4.79 Å². The zero-order valence-corrected chi connectivity index (χ0v) is 25.1. The van der Waals surface area contributed by atoms with E-state index in [0.717, 1.165) is 40.2 Å². The van der Waals surface area contributed by atoms with E-state index < -0.39 is 22.4 Å². The van der Waals surface area contributed by atoms with Crippen LogP contribution in [-0.4, -0.2) is 65.2 Å². The number of benzene rings is 3. The topological polar surface area (TPSA) is 88.1 Å². The van der Waals surface area contributed by atoms with Gasteiger partial charge in [0, 0.05) is 30.1 Å². The summed E-state index contributed by atoms with van der Waals surface area (Å²) in [5, 5.41) is 13.5. The van der Waals surface area contributed by atoms with Crippen LogP contribution in [0.2, 0.25) is 0 Å². The van der Waals surface area contributed by atoms with Crippen molar-refractivity contribution in [1.29, 1.82) is 0 Å². The summed E-state index contributed by atoms with van der Waals surface area (Å²) in [7, 11) is 1.65. The molecule has 0 spiro atoms. The molecule has 0 radical (unpaired) electrons. The molecule has 1 unspecified atom stereocenters. The summed E-state index contributed by atoms with van der Waals surface area (Å²) in [5.74, 6) is -0.113. The molecule has 4 rings (SSSR count). The number of thioether (sulfide) groups is 1. The van der Waals surface area contributed by atoms with Crippen LogP contribution in [0.4, 0.5) is 4.79 Å². The maximum Gasteiger partial charge on any atom is 0.410 e. The number of ether oxygens (including phenoxy) is 2. The van der Waals surface area contributed by atoms with Gasteiger partial charge in [0.1, 0.15) is 17.4 Å². The summed E-state index contributed by atoms with van der Waals surface area (Å²) in [5.41, 5.74) is 2.33. The van der Waals surface area contributed by atoms with Crippen molar-refractivity contribution >= 4 is 23.8 Å². The normalized spacial score (nSPS) is 18.0. The van der Waals surface area contributed by atoms with E-state index in [1.54, 1.807) is 23.8 Å². The summed E-state index contributed by atoms with van der Waals surface area (Å²) < 4.78 is 10.8. The zero-order valence-electron chi connectivity index (χ0n) is 24.3. The van der Waals surface area contributed by atoms with Gasteiger partial charge < -0.3 is 24.8 Å². The van der Waals surface area contributed by atoms with Gasteiger partial charge in [0.25, 0.3) is 0 Å². The number of carbonyl (C=O) groups is 2. The quantitative estimate of drug-likeness (QED) is 0.284. The fourth-order valence-corrected chi connectivity index (χ4v) is 6.49. The van der Waals surface area contributed by atoms with Gasteiger partial charge in [-0.05, 0) is 69.4 Å². The molecular weight excluding hydrogens is 536 g/mol. The molecule has 8 heteroatoms. The van der Waals surface area contributed by atoms with Crippen molar-refractivity contribution in [2.75, 3.05) is 26.7 Å². The molecule has 0 bridgehead atoms. The molecule has 1 aliphatic heterocycles. The largest absolute Gasteiger partial charge is 0.496 e. The number of nitrogens with zero attached hydrogens (tertiary/aromatic N) is 1. The molecule has 0 aliphatic carbocycles. The molecule has 1 aliphatic rings. The number of rotatable bonds is 10. The first-order valence-electron chi connectivity index (χ1n) is 14.0. The van der Waals surface area contributed by atoms with Gasteiger partial charge in [0.05, 0.1) is 11.9 Å². The van der Waals surface area contributed by atoms with Gasteiger partial charge in [0.2, 0.25) is 0 Å². The number of amides is 1. The second-order valence-electron chi connectivity index (χ2n) is 11.5. The zero-order chi connectivity index (χ0) is 29.5. The first-order chi connectivity index (χ1) is 19.6. The minimum absolute atomic E-state index is 0.333. The number of methoxy groups -OCH3 is 1. The third-order valence-corrected chi connectivity index (χ3v) is 8.47. The Kier molecular flexibility index (Phi) is 9.99. The highest BCUT2D eigenvalue weighted by molar-refractivity contribution is 8.00. The van der Waals surface area contributed by atoms with E-state index in [4.69, 9.17) is 9.47 Å². The van der Waals surface area contributed by atoms with Gasteiger partial charge in [0.15, 0.2) is 0 Å².